The molecular weight excluding hydrogens is 587 g/mol. The number of hydrogen-bond acceptors (Lipinski definition) is 3. The first-order valence-electron chi connectivity index (χ1n) is 10.8. The predicted octanol–water partition coefficient (Wildman–Crippen LogP) is 5.78. The molecule has 0 spiro atoms. The molecule has 34 heavy (non-hydrogen) atoms. The number of carbonyl (C=O) groups excluding carboxylic acids is 1. The number of halogens is 3. The van der Waals surface area contributed by atoms with Gasteiger partial charge >= 0.3 is 0 Å². The molecule has 1 N–H and O–H groups in total. The van der Waals surface area contributed by atoms with Crippen LogP contribution in [0.2, 0.25) is 0 Å². The zero-order valence-electron chi connectivity index (χ0n) is 18.1. The smallest absolute Gasteiger partial charge is 0.245 e. The zero-order valence-corrected chi connectivity index (χ0v) is 22.1. The molecule has 0 saturated carbocycles. The van der Waals surface area contributed by atoms with E-state index < -0.39 is 16.1 Å². The molecule has 0 radical (unpaired) electrons. The van der Waals surface area contributed by atoms with Crippen LogP contribution in [0.15, 0.2) is 86.6 Å². The number of likely N-dealkylation sites (tertiary alicyclic amines) is 1. The monoisotopic (exact) mass is 608 g/mol. The molecule has 1 amide bonds. The van der Waals surface area contributed by atoms with Crippen LogP contribution in [0.3, 0.4) is 0 Å². The van der Waals surface area contributed by atoms with Crippen LogP contribution in [-0.2, 0) is 14.8 Å². The van der Waals surface area contributed by atoms with E-state index in [1.54, 1.807) is 47.4 Å². The minimum absolute atomic E-state index is 0.00526. The molecule has 1 unspecified atom stereocenters. The summed E-state index contributed by atoms with van der Waals surface area (Å²) in [4.78, 5) is 15.3. The molecule has 0 aromatic heterocycles. The van der Waals surface area contributed by atoms with Crippen LogP contribution < -0.4 is 4.72 Å². The van der Waals surface area contributed by atoms with Gasteiger partial charge in [-0.2, -0.15) is 4.72 Å². The number of nitrogens with one attached hydrogen (secondary N) is 1. The lowest BCUT2D eigenvalue weighted by molar-refractivity contribution is -0.134. The summed E-state index contributed by atoms with van der Waals surface area (Å²) >= 11 is 6.57. The maximum atomic E-state index is 14.4. The van der Waals surface area contributed by atoms with E-state index in [-0.39, 0.29) is 22.5 Å². The number of rotatable bonds is 6. The number of amides is 1. The van der Waals surface area contributed by atoms with Gasteiger partial charge in [-0.15, -0.1) is 0 Å². The normalized spacial score (nSPS) is 15.8. The Bertz CT molecular complexity index is 1280. The van der Waals surface area contributed by atoms with Crippen LogP contribution >= 0.6 is 31.9 Å². The van der Waals surface area contributed by atoms with Gasteiger partial charge in [0, 0.05) is 22.0 Å². The van der Waals surface area contributed by atoms with Crippen LogP contribution in [0.5, 0.6) is 0 Å². The van der Waals surface area contributed by atoms with Gasteiger partial charge in [-0.25, -0.2) is 12.8 Å². The molecule has 4 rings (SSSR count). The standard InChI is InChI=1S/C25H23Br2FN2O3S/c26-19-7-4-8-21(15-19)34(32,33)29-24(18-5-2-1-3-6-18)25(31)30-13-11-17(12-14-30)22-10-9-20(27)16-23(22)28/h1-10,15-17,24,29H,11-14H2. The van der Waals surface area contributed by atoms with E-state index >= 15 is 0 Å². The Labute approximate surface area is 215 Å². The van der Waals surface area contributed by atoms with Gasteiger partial charge in [0.15, 0.2) is 0 Å². The van der Waals surface area contributed by atoms with Gasteiger partial charge in [0.05, 0.1) is 4.90 Å². The van der Waals surface area contributed by atoms with Crippen LogP contribution in [0.25, 0.3) is 0 Å². The van der Waals surface area contributed by atoms with Crippen molar-refractivity contribution in [1.82, 2.24) is 9.62 Å². The average molecular weight is 610 g/mol. The van der Waals surface area contributed by atoms with Crippen LogP contribution in [0.1, 0.15) is 35.9 Å². The second-order valence-electron chi connectivity index (χ2n) is 8.19. The Balaban J connectivity index is 1.54. The molecular formula is C25H23Br2FN2O3S. The van der Waals surface area contributed by atoms with Crippen molar-refractivity contribution < 1.29 is 17.6 Å². The zero-order chi connectivity index (χ0) is 24.3. The summed E-state index contributed by atoms with van der Waals surface area (Å²) in [7, 11) is -3.96. The average Bonchev–Trinajstić information content (AvgIpc) is 2.83. The van der Waals surface area contributed by atoms with Crippen molar-refractivity contribution in [3.63, 3.8) is 0 Å². The van der Waals surface area contributed by atoms with Crippen molar-refractivity contribution >= 4 is 47.8 Å². The highest BCUT2D eigenvalue weighted by Gasteiger charge is 2.33. The third-order valence-corrected chi connectivity index (χ3v) is 8.38. The fraction of sp³-hybridized carbons (Fsp3) is 0.240. The summed E-state index contributed by atoms with van der Waals surface area (Å²) in [6, 6.07) is 19.1. The molecule has 9 heteroatoms. The van der Waals surface area contributed by atoms with E-state index in [9.17, 15) is 17.6 Å². The molecule has 0 aliphatic carbocycles. The molecule has 1 heterocycles. The molecule has 1 atom stereocenters. The Morgan fingerprint density at radius 2 is 1.62 bits per heavy atom. The van der Waals surface area contributed by atoms with E-state index in [1.807, 2.05) is 12.1 Å². The highest BCUT2D eigenvalue weighted by Crippen LogP contribution is 2.32. The van der Waals surface area contributed by atoms with Crippen LogP contribution in [-0.4, -0.2) is 32.3 Å². The SMILES string of the molecule is O=C(C(NS(=O)(=O)c1cccc(Br)c1)c1ccccc1)N1CCC(c2ccc(Br)cc2F)CC1. The maximum Gasteiger partial charge on any atom is 0.245 e. The minimum Gasteiger partial charge on any atom is -0.341 e. The van der Waals surface area contributed by atoms with Gasteiger partial charge in [0.2, 0.25) is 15.9 Å². The number of benzene rings is 3. The lowest BCUT2D eigenvalue weighted by Crippen LogP contribution is -2.45. The lowest BCUT2D eigenvalue weighted by atomic mass is 9.88. The van der Waals surface area contributed by atoms with Gasteiger partial charge in [-0.05, 0) is 60.2 Å². The van der Waals surface area contributed by atoms with E-state index in [4.69, 9.17) is 0 Å². The predicted molar refractivity (Wildman–Crippen MR) is 136 cm³/mol. The number of piperidine rings is 1. The third kappa shape index (κ3) is 5.76. The van der Waals surface area contributed by atoms with E-state index in [0.29, 0.717) is 46.0 Å². The molecule has 1 aliphatic heterocycles. The number of sulfonamides is 1. The second kappa shape index (κ2) is 10.7. The maximum absolute atomic E-state index is 14.4. The van der Waals surface area contributed by atoms with Crippen molar-refractivity contribution in [3.05, 3.63) is 98.7 Å². The summed E-state index contributed by atoms with van der Waals surface area (Å²) in [5, 5.41) is 0. The molecule has 1 fully saturated rings. The van der Waals surface area contributed by atoms with Crippen molar-refractivity contribution in [2.24, 2.45) is 0 Å². The van der Waals surface area contributed by atoms with Crippen LogP contribution in [0.4, 0.5) is 4.39 Å². The molecule has 178 valence electrons. The first kappa shape index (κ1) is 25.0. The van der Waals surface area contributed by atoms with Gasteiger partial charge in [0.1, 0.15) is 11.9 Å². The summed E-state index contributed by atoms with van der Waals surface area (Å²) in [5.74, 6) is -0.576. The van der Waals surface area contributed by atoms with E-state index in [0.717, 1.165) is 0 Å². The minimum atomic E-state index is -3.96. The van der Waals surface area contributed by atoms with Gasteiger partial charge in [0.25, 0.3) is 0 Å². The number of hydrogen-bond donors (Lipinski definition) is 1. The topological polar surface area (TPSA) is 66.5 Å². The fourth-order valence-electron chi connectivity index (χ4n) is 4.19. The molecule has 5 nitrogen and oxygen atoms in total. The highest BCUT2D eigenvalue weighted by atomic mass is 79.9. The Kier molecular flexibility index (Phi) is 7.87. The molecule has 3 aromatic rings. The first-order chi connectivity index (χ1) is 16.2. The van der Waals surface area contributed by atoms with Crippen molar-refractivity contribution in [1.29, 1.82) is 0 Å². The van der Waals surface area contributed by atoms with Gasteiger partial charge in [-0.3, -0.25) is 4.79 Å². The first-order valence-corrected chi connectivity index (χ1v) is 13.9. The number of carbonyl (C=O) groups is 1. The molecule has 3 aromatic carbocycles. The molecule has 1 saturated heterocycles. The van der Waals surface area contributed by atoms with Crippen molar-refractivity contribution in [2.75, 3.05) is 13.1 Å². The molecule has 0 bridgehead atoms. The Morgan fingerprint density at radius 3 is 2.26 bits per heavy atom. The van der Waals surface area contributed by atoms with Crippen LogP contribution in [0, 0.1) is 5.82 Å². The lowest BCUT2D eigenvalue weighted by Gasteiger charge is -2.34. The fourth-order valence-corrected chi connectivity index (χ4v) is 6.30. The van der Waals surface area contributed by atoms with Gasteiger partial charge < -0.3 is 4.90 Å². The quantitative estimate of drug-likeness (QED) is 0.385. The highest BCUT2D eigenvalue weighted by molar-refractivity contribution is 9.10. The Hall–Kier alpha value is -2.07. The van der Waals surface area contributed by atoms with Gasteiger partial charge in [-0.1, -0.05) is 74.3 Å². The Morgan fingerprint density at radius 1 is 0.941 bits per heavy atom. The number of nitrogens with zero attached hydrogens (tertiary/aromatic N) is 1. The second-order valence-corrected chi connectivity index (χ2v) is 11.7. The summed E-state index contributed by atoms with van der Waals surface area (Å²) in [5.41, 5.74) is 1.21. The van der Waals surface area contributed by atoms with E-state index in [2.05, 4.69) is 36.6 Å². The molecule has 1 aliphatic rings. The van der Waals surface area contributed by atoms with E-state index in [1.165, 1.54) is 18.2 Å². The summed E-state index contributed by atoms with van der Waals surface area (Å²) in [6.07, 6.45) is 1.20. The summed E-state index contributed by atoms with van der Waals surface area (Å²) in [6.45, 7) is 0.835. The summed E-state index contributed by atoms with van der Waals surface area (Å²) < 4.78 is 44.6. The van der Waals surface area contributed by atoms with Crippen molar-refractivity contribution in [3.8, 4) is 0 Å². The largest absolute Gasteiger partial charge is 0.341 e. The third-order valence-electron chi connectivity index (χ3n) is 5.97. The van der Waals surface area contributed by atoms with Crippen molar-refractivity contribution in [2.45, 2.75) is 29.7 Å².